The summed E-state index contributed by atoms with van der Waals surface area (Å²) in [7, 11) is 1.48. The second-order valence-electron chi connectivity index (χ2n) is 7.26. The lowest BCUT2D eigenvalue weighted by molar-refractivity contribution is 0.172. The van der Waals surface area contributed by atoms with Crippen LogP contribution in [0.3, 0.4) is 0 Å². The van der Waals surface area contributed by atoms with Crippen molar-refractivity contribution in [1.29, 1.82) is 0 Å². The summed E-state index contributed by atoms with van der Waals surface area (Å²) in [5.74, 6) is 1.90. The fourth-order valence-electron chi connectivity index (χ4n) is 3.61. The number of methoxy groups -OCH3 is 1. The molecule has 1 N–H and O–H groups in total. The first-order valence-corrected chi connectivity index (χ1v) is 10.6. The van der Waals surface area contributed by atoms with Crippen LogP contribution >= 0.6 is 0 Å². The lowest BCUT2D eigenvalue weighted by atomic mass is 10.2. The van der Waals surface area contributed by atoms with E-state index < -0.39 is 0 Å². The van der Waals surface area contributed by atoms with Gasteiger partial charge in [-0.3, -0.25) is 9.89 Å². The number of hydrogen-bond acceptors (Lipinski definition) is 5. The Balaban J connectivity index is 1.52. The van der Waals surface area contributed by atoms with Crippen molar-refractivity contribution in [3.8, 4) is 5.75 Å². The Labute approximate surface area is 177 Å². The van der Waals surface area contributed by atoms with Gasteiger partial charge in [0.2, 0.25) is 0 Å². The summed E-state index contributed by atoms with van der Waals surface area (Å²) in [6.07, 6.45) is 2.63. The highest BCUT2D eigenvalue weighted by atomic mass is 19.1. The van der Waals surface area contributed by atoms with E-state index >= 15 is 0 Å². The highest BCUT2D eigenvalue weighted by Gasteiger charge is 2.20. The van der Waals surface area contributed by atoms with Gasteiger partial charge in [-0.25, -0.2) is 4.39 Å². The number of aryl methyl sites for hydroxylation is 1. The lowest BCUT2D eigenvalue weighted by Crippen LogP contribution is -2.52. The maximum Gasteiger partial charge on any atom is 0.194 e. The minimum atomic E-state index is -0.311. The Morgan fingerprint density at radius 3 is 2.70 bits per heavy atom. The molecule has 1 aliphatic rings. The molecule has 0 unspecified atom stereocenters. The van der Waals surface area contributed by atoms with Gasteiger partial charge in [-0.05, 0) is 24.6 Å². The van der Waals surface area contributed by atoms with E-state index in [9.17, 15) is 4.39 Å². The molecule has 0 spiro atoms. The highest BCUT2D eigenvalue weighted by Crippen LogP contribution is 2.19. The topological polar surface area (TPSA) is 70.8 Å². The van der Waals surface area contributed by atoms with Gasteiger partial charge in [-0.2, -0.15) is 0 Å². The predicted molar refractivity (Wildman–Crippen MR) is 115 cm³/mol. The van der Waals surface area contributed by atoms with Crippen LogP contribution in [0, 0.1) is 5.82 Å². The molecule has 0 aliphatic carbocycles. The average Bonchev–Trinajstić information content (AvgIpc) is 3.21. The molecule has 0 atom stereocenters. The van der Waals surface area contributed by atoms with Crippen molar-refractivity contribution in [2.24, 2.45) is 4.99 Å². The maximum absolute atomic E-state index is 13.9. The molecule has 9 heteroatoms. The molecule has 1 aromatic heterocycles. The molecule has 8 nitrogen and oxygen atoms in total. The molecular formula is C21H32FN7O. The first-order valence-electron chi connectivity index (χ1n) is 10.6. The minimum Gasteiger partial charge on any atom is -0.494 e. The van der Waals surface area contributed by atoms with Crippen LogP contribution < -0.4 is 10.1 Å². The average molecular weight is 418 g/mol. The smallest absolute Gasteiger partial charge is 0.194 e. The van der Waals surface area contributed by atoms with Crippen LogP contribution in [0.4, 0.5) is 4.39 Å². The molecule has 164 valence electrons. The summed E-state index contributed by atoms with van der Waals surface area (Å²) < 4.78 is 21.0. The Hall–Kier alpha value is -2.68. The number of nitrogens with one attached hydrogen (secondary N) is 1. The number of hydrogen-bond donors (Lipinski definition) is 1. The molecule has 1 aromatic carbocycles. The van der Waals surface area contributed by atoms with E-state index in [0.717, 1.165) is 69.6 Å². The van der Waals surface area contributed by atoms with E-state index in [4.69, 9.17) is 9.73 Å². The van der Waals surface area contributed by atoms with Crippen molar-refractivity contribution in [2.45, 2.75) is 33.4 Å². The Morgan fingerprint density at radius 2 is 2.03 bits per heavy atom. The van der Waals surface area contributed by atoms with Crippen LogP contribution in [0.15, 0.2) is 29.5 Å². The van der Waals surface area contributed by atoms with Gasteiger partial charge >= 0.3 is 0 Å². The van der Waals surface area contributed by atoms with Crippen molar-refractivity contribution in [3.05, 3.63) is 41.7 Å². The van der Waals surface area contributed by atoms with Crippen LogP contribution in [-0.4, -0.2) is 76.9 Å². The molecule has 0 bridgehead atoms. The third kappa shape index (κ3) is 5.69. The van der Waals surface area contributed by atoms with E-state index in [2.05, 4.69) is 43.7 Å². The zero-order valence-corrected chi connectivity index (χ0v) is 18.1. The standard InChI is InChI=1S/C21H32FN7O/c1-4-20-26-25-16-29(20)9-8-24-21(23-5-2)28-12-10-27(11-13-28)15-17-6-7-19(30-3)18(22)14-17/h6-7,14,16H,4-5,8-13,15H2,1-3H3,(H,23,24). The number of guanidine groups is 1. The molecule has 0 amide bonds. The third-order valence-electron chi connectivity index (χ3n) is 5.24. The van der Waals surface area contributed by atoms with Crippen molar-refractivity contribution in [2.75, 3.05) is 46.4 Å². The fraction of sp³-hybridized carbons (Fsp3) is 0.571. The predicted octanol–water partition coefficient (Wildman–Crippen LogP) is 1.77. The minimum absolute atomic E-state index is 0.285. The van der Waals surface area contributed by atoms with Gasteiger partial charge in [-0.15, -0.1) is 10.2 Å². The van der Waals surface area contributed by atoms with E-state index in [1.54, 1.807) is 18.5 Å². The van der Waals surface area contributed by atoms with Crippen LogP contribution in [0.1, 0.15) is 25.2 Å². The van der Waals surface area contributed by atoms with Gasteiger partial charge in [0, 0.05) is 52.2 Å². The van der Waals surface area contributed by atoms with Gasteiger partial charge in [-0.1, -0.05) is 13.0 Å². The molecule has 30 heavy (non-hydrogen) atoms. The largest absolute Gasteiger partial charge is 0.494 e. The summed E-state index contributed by atoms with van der Waals surface area (Å²) >= 11 is 0. The van der Waals surface area contributed by atoms with Crippen LogP contribution in [0.25, 0.3) is 0 Å². The molecule has 1 saturated heterocycles. The first-order chi connectivity index (χ1) is 14.6. The van der Waals surface area contributed by atoms with Crippen LogP contribution in [-0.2, 0) is 19.5 Å². The van der Waals surface area contributed by atoms with Gasteiger partial charge in [0.1, 0.15) is 12.2 Å². The molecule has 0 radical (unpaired) electrons. The number of aliphatic imine (C=N–C) groups is 1. The molecule has 0 saturated carbocycles. The second kappa shape index (κ2) is 10.9. The normalized spacial score (nSPS) is 15.5. The van der Waals surface area contributed by atoms with Gasteiger partial charge < -0.3 is 19.5 Å². The molecule has 3 rings (SSSR count). The summed E-state index contributed by atoms with van der Waals surface area (Å²) in [5, 5.41) is 11.5. The van der Waals surface area contributed by atoms with E-state index in [1.165, 1.54) is 7.11 Å². The third-order valence-corrected chi connectivity index (χ3v) is 5.24. The van der Waals surface area contributed by atoms with E-state index in [-0.39, 0.29) is 11.6 Å². The number of benzene rings is 1. The molecule has 2 aromatic rings. The summed E-state index contributed by atoms with van der Waals surface area (Å²) in [4.78, 5) is 9.43. The lowest BCUT2D eigenvalue weighted by Gasteiger charge is -2.36. The van der Waals surface area contributed by atoms with Crippen molar-refractivity contribution in [3.63, 3.8) is 0 Å². The van der Waals surface area contributed by atoms with Gasteiger partial charge in [0.05, 0.1) is 13.7 Å². The Bertz CT molecular complexity index is 831. The van der Waals surface area contributed by atoms with E-state index in [1.807, 2.05) is 6.07 Å². The summed E-state index contributed by atoms with van der Waals surface area (Å²) in [6.45, 7) is 10.8. The highest BCUT2D eigenvalue weighted by molar-refractivity contribution is 5.80. The number of rotatable bonds is 8. The number of halogens is 1. The summed E-state index contributed by atoms with van der Waals surface area (Å²) in [5.41, 5.74) is 0.961. The zero-order chi connectivity index (χ0) is 21.3. The first kappa shape index (κ1) is 22.0. The molecule has 2 heterocycles. The molecular weight excluding hydrogens is 385 g/mol. The van der Waals surface area contributed by atoms with Gasteiger partial charge in [0.25, 0.3) is 0 Å². The monoisotopic (exact) mass is 417 g/mol. The second-order valence-corrected chi connectivity index (χ2v) is 7.26. The maximum atomic E-state index is 13.9. The number of aromatic nitrogens is 3. The molecule has 1 fully saturated rings. The summed E-state index contributed by atoms with van der Waals surface area (Å²) in [6, 6.07) is 5.18. The van der Waals surface area contributed by atoms with Crippen molar-refractivity contribution >= 4 is 5.96 Å². The number of nitrogens with zero attached hydrogens (tertiary/aromatic N) is 6. The number of piperazine rings is 1. The quantitative estimate of drug-likeness (QED) is 0.522. The zero-order valence-electron chi connectivity index (χ0n) is 18.1. The number of ether oxygens (including phenoxy) is 1. The Morgan fingerprint density at radius 1 is 1.23 bits per heavy atom. The molecule has 1 aliphatic heterocycles. The Kier molecular flexibility index (Phi) is 8.01. The van der Waals surface area contributed by atoms with Crippen LogP contribution in [0.2, 0.25) is 0 Å². The fourth-order valence-corrected chi connectivity index (χ4v) is 3.61. The van der Waals surface area contributed by atoms with Crippen molar-refractivity contribution < 1.29 is 9.13 Å². The van der Waals surface area contributed by atoms with Crippen molar-refractivity contribution in [1.82, 2.24) is 29.9 Å². The van der Waals surface area contributed by atoms with Gasteiger partial charge in [0.15, 0.2) is 17.5 Å². The SMILES string of the molecule is CCNC(=NCCn1cnnc1CC)N1CCN(Cc2ccc(OC)c(F)c2)CC1. The van der Waals surface area contributed by atoms with Crippen LogP contribution in [0.5, 0.6) is 5.75 Å². The van der Waals surface area contributed by atoms with E-state index in [0.29, 0.717) is 6.54 Å².